The molecule has 82 valence electrons. The molecule has 0 bridgehead atoms. The molecular formula is C9H5BrIN3OS. The maximum absolute atomic E-state index is 11.9. The lowest BCUT2D eigenvalue weighted by Gasteiger charge is -2.04. The van der Waals surface area contributed by atoms with E-state index in [1.807, 2.05) is 18.2 Å². The molecule has 0 aliphatic rings. The summed E-state index contributed by atoms with van der Waals surface area (Å²) in [6.45, 7) is 0. The van der Waals surface area contributed by atoms with Crippen LogP contribution in [-0.2, 0) is 0 Å². The van der Waals surface area contributed by atoms with Gasteiger partial charge in [0.2, 0.25) is 0 Å². The molecule has 1 amide bonds. The highest BCUT2D eigenvalue weighted by atomic mass is 127. The fourth-order valence-electron chi connectivity index (χ4n) is 1.07. The molecule has 1 aromatic carbocycles. The van der Waals surface area contributed by atoms with E-state index < -0.39 is 0 Å². The van der Waals surface area contributed by atoms with Gasteiger partial charge in [-0.1, -0.05) is 4.49 Å². The highest BCUT2D eigenvalue weighted by molar-refractivity contribution is 14.1. The molecule has 2 rings (SSSR count). The van der Waals surface area contributed by atoms with E-state index >= 15 is 0 Å². The molecular weight excluding hydrogens is 405 g/mol. The zero-order valence-corrected chi connectivity index (χ0v) is 12.3. The highest BCUT2D eigenvalue weighted by Gasteiger charge is 2.11. The second-order valence-electron chi connectivity index (χ2n) is 2.86. The first-order valence-corrected chi connectivity index (χ1v) is 6.85. The Hall–Kier alpha value is -0.540. The van der Waals surface area contributed by atoms with Crippen LogP contribution in [0.4, 0.5) is 5.00 Å². The molecule has 0 aliphatic carbocycles. The molecule has 1 heterocycles. The smallest absolute Gasteiger partial charge is 0.257 e. The van der Waals surface area contributed by atoms with Crippen molar-refractivity contribution >= 4 is 61.0 Å². The Morgan fingerprint density at radius 2 is 2.31 bits per heavy atom. The van der Waals surface area contributed by atoms with E-state index in [2.05, 4.69) is 53.4 Å². The van der Waals surface area contributed by atoms with Crippen LogP contribution in [0.15, 0.2) is 28.9 Å². The zero-order valence-electron chi connectivity index (χ0n) is 7.78. The van der Waals surface area contributed by atoms with Gasteiger partial charge in [0.05, 0.1) is 11.8 Å². The largest absolute Gasteiger partial charge is 0.311 e. The molecule has 0 radical (unpaired) electrons. The summed E-state index contributed by atoms with van der Waals surface area (Å²) >= 11 is 6.65. The van der Waals surface area contributed by atoms with Gasteiger partial charge in [0.25, 0.3) is 5.91 Å². The summed E-state index contributed by atoms with van der Waals surface area (Å²) in [7, 11) is 0. The quantitative estimate of drug-likeness (QED) is 0.775. The molecule has 0 saturated carbocycles. The number of rotatable bonds is 2. The van der Waals surface area contributed by atoms with Crippen LogP contribution in [0.1, 0.15) is 10.4 Å². The van der Waals surface area contributed by atoms with Crippen LogP contribution >= 0.6 is 50.1 Å². The number of carbonyl (C=O) groups excluding carboxylic acids is 1. The number of nitrogens with one attached hydrogen (secondary N) is 1. The molecule has 0 fully saturated rings. The number of aromatic nitrogens is 2. The molecule has 0 atom stereocenters. The van der Waals surface area contributed by atoms with Crippen molar-refractivity contribution in [3.05, 3.63) is 38.0 Å². The van der Waals surface area contributed by atoms with E-state index in [4.69, 9.17) is 0 Å². The Bertz CT molecular complexity index is 517. The molecule has 0 aliphatic heterocycles. The van der Waals surface area contributed by atoms with Crippen molar-refractivity contribution in [1.29, 1.82) is 0 Å². The molecule has 7 heteroatoms. The van der Waals surface area contributed by atoms with E-state index in [1.165, 1.54) is 6.20 Å². The Morgan fingerprint density at radius 1 is 1.50 bits per heavy atom. The first-order chi connectivity index (χ1) is 7.66. The maximum atomic E-state index is 11.9. The fraction of sp³-hybridized carbons (Fsp3) is 0. The second-order valence-corrected chi connectivity index (χ2v) is 5.75. The minimum atomic E-state index is -0.170. The Labute approximate surface area is 118 Å². The predicted octanol–water partition coefficient (Wildman–Crippen LogP) is 3.16. The zero-order chi connectivity index (χ0) is 11.5. The van der Waals surface area contributed by atoms with E-state index in [0.717, 1.165) is 19.6 Å². The summed E-state index contributed by atoms with van der Waals surface area (Å²) < 4.78 is 5.45. The third-order valence-corrected chi connectivity index (χ3v) is 3.71. The Kier molecular flexibility index (Phi) is 3.87. The van der Waals surface area contributed by atoms with E-state index in [0.29, 0.717) is 10.6 Å². The van der Waals surface area contributed by atoms with Crippen LogP contribution < -0.4 is 5.32 Å². The molecule has 0 unspecified atom stereocenters. The molecule has 1 N–H and O–H groups in total. The number of carbonyl (C=O) groups is 1. The summed E-state index contributed by atoms with van der Waals surface area (Å²) in [5.41, 5.74) is 0.598. The molecule has 1 aromatic heterocycles. The van der Waals surface area contributed by atoms with Gasteiger partial charge in [0, 0.05) is 19.6 Å². The van der Waals surface area contributed by atoms with Crippen LogP contribution in [0.2, 0.25) is 0 Å². The van der Waals surface area contributed by atoms with Crippen molar-refractivity contribution in [2.45, 2.75) is 0 Å². The average molecular weight is 410 g/mol. The van der Waals surface area contributed by atoms with E-state index in [9.17, 15) is 4.79 Å². The number of halogens is 2. The normalized spacial score (nSPS) is 10.1. The lowest BCUT2D eigenvalue weighted by atomic mass is 10.2. The van der Waals surface area contributed by atoms with Gasteiger partial charge in [-0.2, -0.15) is 0 Å². The topological polar surface area (TPSA) is 54.9 Å². The first kappa shape index (κ1) is 11.9. The van der Waals surface area contributed by atoms with Gasteiger partial charge < -0.3 is 5.32 Å². The van der Waals surface area contributed by atoms with Crippen molar-refractivity contribution in [2.24, 2.45) is 0 Å². The van der Waals surface area contributed by atoms with Crippen molar-refractivity contribution in [3.63, 3.8) is 0 Å². The van der Waals surface area contributed by atoms with Gasteiger partial charge in [-0.15, -0.1) is 5.10 Å². The number of hydrogen-bond donors (Lipinski definition) is 1. The Balaban J connectivity index is 2.24. The van der Waals surface area contributed by atoms with Crippen molar-refractivity contribution in [3.8, 4) is 0 Å². The van der Waals surface area contributed by atoms with Crippen molar-refractivity contribution < 1.29 is 4.79 Å². The summed E-state index contributed by atoms with van der Waals surface area (Å²) in [4.78, 5) is 11.9. The average Bonchev–Trinajstić information content (AvgIpc) is 2.74. The fourth-order valence-corrected chi connectivity index (χ4v) is 2.41. The first-order valence-electron chi connectivity index (χ1n) is 4.20. The minimum Gasteiger partial charge on any atom is -0.311 e. The van der Waals surface area contributed by atoms with Crippen LogP contribution in [0.5, 0.6) is 0 Å². The van der Waals surface area contributed by atoms with E-state index in [1.54, 1.807) is 0 Å². The third kappa shape index (κ3) is 2.77. The summed E-state index contributed by atoms with van der Waals surface area (Å²) in [6.07, 6.45) is 1.52. The summed E-state index contributed by atoms with van der Waals surface area (Å²) in [5.74, 6) is -0.170. The van der Waals surface area contributed by atoms with Gasteiger partial charge in [-0.25, -0.2) is 0 Å². The van der Waals surface area contributed by atoms with Crippen molar-refractivity contribution in [2.75, 3.05) is 5.32 Å². The summed E-state index contributed by atoms with van der Waals surface area (Å²) in [6, 6.07) is 5.59. The van der Waals surface area contributed by atoms with Crippen LogP contribution in [0, 0.1) is 3.57 Å². The minimum absolute atomic E-state index is 0.170. The maximum Gasteiger partial charge on any atom is 0.257 e. The second kappa shape index (κ2) is 5.19. The van der Waals surface area contributed by atoms with Gasteiger partial charge in [0.15, 0.2) is 0 Å². The number of hydrogen-bond acceptors (Lipinski definition) is 4. The molecule has 0 spiro atoms. The standard InChI is InChI=1S/C9H5BrIN3OS/c10-7-2-1-5(11)3-6(7)9(15)13-8-4-12-14-16-8/h1-4H,(H,13,15). The number of amides is 1. The number of benzene rings is 1. The van der Waals surface area contributed by atoms with Crippen LogP contribution in [0.25, 0.3) is 0 Å². The molecule has 16 heavy (non-hydrogen) atoms. The SMILES string of the molecule is O=C(Nc1cnns1)c1cc(I)ccc1Br. The summed E-state index contributed by atoms with van der Waals surface area (Å²) in [5, 5.41) is 7.01. The number of anilines is 1. The third-order valence-electron chi connectivity index (χ3n) is 1.77. The molecule has 2 aromatic rings. The molecule has 0 saturated heterocycles. The van der Waals surface area contributed by atoms with E-state index in [-0.39, 0.29) is 5.91 Å². The predicted molar refractivity (Wildman–Crippen MR) is 74.7 cm³/mol. The van der Waals surface area contributed by atoms with Gasteiger partial charge >= 0.3 is 0 Å². The Morgan fingerprint density at radius 3 is 3.00 bits per heavy atom. The lowest BCUT2D eigenvalue weighted by Crippen LogP contribution is -2.11. The number of nitrogens with zero attached hydrogens (tertiary/aromatic N) is 2. The van der Waals surface area contributed by atoms with Crippen molar-refractivity contribution in [1.82, 2.24) is 9.59 Å². The molecule has 4 nitrogen and oxygen atoms in total. The van der Waals surface area contributed by atoms with Gasteiger partial charge in [-0.05, 0) is 56.7 Å². The van der Waals surface area contributed by atoms with Gasteiger partial charge in [-0.3, -0.25) is 4.79 Å². The van der Waals surface area contributed by atoms with Crippen LogP contribution in [0.3, 0.4) is 0 Å². The lowest BCUT2D eigenvalue weighted by molar-refractivity contribution is 0.102. The highest BCUT2D eigenvalue weighted by Crippen LogP contribution is 2.21. The van der Waals surface area contributed by atoms with Gasteiger partial charge in [0.1, 0.15) is 5.00 Å². The monoisotopic (exact) mass is 409 g/mol. The van der Waals surface area contributed by atoms with Crippen LogP contribution in [-0.4, -0.2) is 15.5 Å².